The average Bonchev–Trinajstić information content (AvgIpc) is 2.65. The number of amides is 1. The van der Waals surface area contributed by atoms with Crippen LogP contribution in [0.1, 0.15) is 19.4 Å². The summed E-state index contributed by atoms with van der Waals surface area (Å²) in [6, 6.07) is 11.1. The Morgan fingerprint density at radius 2 is 1.71 bits per heavy atom. The summed E-state index contributed by atoms with van der Waals surface area (Å²) in [6.07, 6.45) is 0. The molecule has 2 aromatic carbocycles. The van der Waals surface area contributed by atoms with Gasteiger partial charge in [0, 0.05) is 12.1 Å². The van der Waals surface area contributed by atoms with E-state index >= 15 is 0 Å². The van der Waals surface area contributed by atoms with Gasteiger partial charge in [-0.25, -0.2) is 8.42 Å². The van der Waals surface area contributed by atoms with Crippen molar-refractivity contribution in [1.82, 2.24) is 5.32 Å². The van der Waals surface area contributed by atoms with E-state index in [0.29, 0.717) is 11.5 Å². The van der Waals surface area contributed by atoms with E-state index in [4.69, 9.17) is 9.47 Å². The molecule has 0 radical (unpaired) electrons. The molecule has 0 heterocycles. The lowest BCUT2D eigenvalue weighted by atomic mass is 10.2. The maximum atomic E-state index is 13.4. The number of ether oxygens (including phenoxy) is 2. The molecule has 0 aliphatic carbocycles. The maximum absolute atomic E-state index is 13.4. The summed E-state index contributed by atoms with van der Waals surface area (Å²) in [4.78, 5) is 12.5. The number of benzene rings is 2. The van der Waals surface area contributed by atoms with Crippen molar-refractivity contribution < 1.29 is 22.7 Å². The second-order valence-corrected chi connectivity index (χ2v) is 8.45. The van der Waals surface area contributed by atoms with E-state index in [-0.39, 0.29) is 16.6 Å². The molecule has 2 aromatic rings. The van der Waals surface area contributed by atoms with Crippen LogP contribution in [0.3, 0.4) is 0 Å². The maximum Gasteiger partial charge on any atom is 0.264 e. The highest BCUT2D eigenvalue weighted by Crippen LogP contribution is 2.35. The SMILES string of the molecule is COc1ccc(OC)c(N(CC(=O)NC(C)C)S(=O)(=O)c2ccc(C)cc2)c1. The first-order valence-electron chi connectivity index (χ1n) is 8.80. The Labute approximate surface area is 166 Å². The summed E-state index contributed by atoms with van der Waals surface area (Å²) in [7, 11) is -1.10. The van der Waals surface area contributed by atoms with Crippen LogP contribution in [-0.2, 0) is 14.8 Å². The molecule has 7 nitrogen and oxygen atoms in total. The van der Waals surface area contributed by atoms with Crippen molar-refractivity contribution >= 4 is 21.6 Å². The lowest BCUT2D eigenvalue weighted by molar-refractivity contribution is -0.120. The third-order valence-electron chi connectivity index (χ3n) is 4.00. The van der Waals surface area contributed by atoms with Crippen molar-refractivity contribution in [2.24, 2.45) is 0 Å². The minimum atomic E-state index is -4.02. The first-order valence-corrected chi connectivity index (χ1v) is 10.2. The van der Waals surface area contributed by atoms with E-state index in [0.717, 1.165) is 9.87 Å². The molecule has 2 rings (SSSR count). The zero-order valence-electron chi connectivity index (χ0n) is 16.7. The number of hydrogen-bond donors (Lipinski definition) is 1. The Morgan fingerprint density at radius 1 is 1.07 bits per heavy atom. The van der Waals surface area contributed by atoms with Crippen molar-refractivity contribution in [3.8, 4) is 11.5 Å². The molecule has 0 bridgehead atoms. The molecule has 0 fully saturated rings. The predicted octanol–water partition coefficient (Wildman–Crippen LogP) is 2.73. The van der Waals surface area contributed by atoms with Gasteiger partial charge in [0.25, 0.3) is 10.0 Å². The molecule has 0 aromatic heterocycles. The topological polar surface area (TPSA) is 84.9 Å². The number of sulfonamides is 1. The third-order valence-corrected chi connectivity index (χ3v) is 5.77. The highest BCUT2D eigenvalue weighted by Gasteiger charge is 2.30. The van der Waals surface area contributed by atoms with Crippen LogP contribution in [0.4, 0.5) is 5.69 Å². The van der Waals surface area contributed by atoms with Crippen LogP contribution in [-0.4, -0.2) is 41.1 Å². The van der Waals surface area contributed by atoms with Crippen molar-refractivity contribution in [1.29, 1.82) is 0 Å². The van der Waals surface area contributed by atoms with Gasteiger partial charge < -0.3 is 14.8 Å². The molecular formula is C20H26N2O5S. The fourth-order valence-electron chi connectivity index (χ4n) is 2.63. The first kappa shape index (κ1) is 21.6. The number of anilines is 1. The lowest BCUT2D eigenvalue weighted by Crippen LogP contribution is -2.43. The second kappa shape index (κ2) is 8.97. The van der Waals surface area contributed by atoms with Crippen molar-refractivity contribution in [3.63, 3.8) is 0 Å². The number of rotatable bonds is 8. The van der Waals surface area contributed by atoms with E-state index in [1.165, 1.54) is 32.4 Å². The number of nitrogens with zero attached hydrogens (tertiary/aromatic N) is 1. The molecule has 28 heavy (non-hydrogen) atoms. The van der Waals surface area contributed by atoms with Crippen LogP contribution >= 0.6 is 0 Å². The summed E-state index contributed by atoms with van der Waals surface area (Å²) >= 11 is 0. The number of nitrogens with one attached hydrogen (secondary N) is 1. The van der Waals surface area contributed by atoms with Gasteiger partial charge in [-0.2, -0.15) is 0 Å². The van der Waals surface area contributed by atoms with Crippen LogP contribution in [0.15, 0.2) is 47.4 Å². The van der Waals surface area contributed by atoms with Crippen molar-refractivity contribution in [2.75, 3.05) is 25.1 Å². The Hall–Kier alpha value is -2.74. The van der Waals surface area contributed by atoms with E-state index in [2.05, 4.69) is 5.32 Å². The first-order chi connectivity index (χ1) is 13.2. The van der Waals surface area contributed by atoms with Crippen LogP contribution in [0.2, 0.25) is 0 Å². The Balaban J connectivity index is 2.60. The molecule has 0 unspecified atom stereocenters. The molecule has 0 saturated heterocycles. The van der Waals surface area contributed by atoms with Gasteiger partial charge in [0.05, 0.1) is 24.8 Å². The summed E-state index contributed by atoms with van der Waals surface area (Å²) in [5.41, 5.74) is 1.16. The van der Waals surface area contributed by atoms with E-state index in [1.807, 2.05) is 20.8 Å². The minimum Gasteiger partial charge on any atom is -0.497 e. The largest absolute Gasteiger partial charge is 0.497 e. The van der Waals surface area contributed by atoms with E-state index in [1.54, 1.807) is 24.3 Å². The van der Waals surface area contributed by atoms with Gasteiger partial charge in [-0.15, -0.1) is 0 Å². The van der Waals surface area contributed by atoms with Crippen LogP contribution in [0.25, 0.3) is 0 Å². The number of aryl methyl sites for hydroxylation is 1. The number of methoxy groups -OCH3 is 2. The summed E-state index contributed by atoms with van der Waals surface area (Å²) in [5, 5.41) is 2.72. The smallest absolute Gasteiger partial charge is 0.264 e. The predicted molar refractivity (Wildman–Crippen MR) is 109 cm³/mol. The minimum absolute atomic E-state index is 0.0836. The van der Waals surface area contributed by atoms with Crippen LogP contribution in [0, 0.1) is 6.92 Å². The summed E-state index contributed by atoms with van der Waals surface area (Å²) in [6.45, 7) is 5.10. The number of hydrogen-bond acceptors (Lipinski definition) is 5. The van der Waals surface area contributed by atoms with Gasteiger partial charge in [0.1, 0.15) is 18.0 Å². The fourth-order valence-corrected chi connectivity index (χ4v) is 4.05. The lowest BCUT2D eigenvalue weighted by Gasteiger charge is -2.26. The zero-order valence-corrected chi connectivity index (χ0v) is 17.5. The van der Waals surface area contributed by atoms with Gasteiger partial charge in [-0.05, 0) is 45.0 Å². The fraction of sp³-hybridized carbons (Fsp3) is 0.350. The molecule has 0 saturated carbocycles. The Morgan fingerprint density at radius 3 is 2.25 bits per heavy atom. The van der Waals surface area contributed by atoms with Gasteiger partial charge in [0.2, 0.25) is 5.91 Å². The summed E-state index contributed by atoms with van der Waals surface area (Å²) < 4.78 is 38.4. The van der Waals surface area contributed by atoms with Gasteiger partial charge in [-0.3, -0.25) is 9.10 Å². The third kappa shape index (κ3) is 4.95. The number of carbonyl (C=O) groups is 1. The molecule has 1 N–H and O–H groups in total. The van der Waals surface area contributed by atoms with E-state index < -0.39 is 22.5 Å². The summed E-state index contributed by atoms with van der Waals surface area (Å²) in [5.74, 6) is 0.341. The molecule has 0 aliphatic heterocycles. The van der Waals surface area contributed by atoms with Gasteiger partial charge in [0.15, 0.2) is 0 Å². The monoisotopic (exact) mass is 406 g/mol. The van der Waals surface area contributed by atoms with Crippen LogP contribution in [0.5, 0.6) is 11.5 Å². The van der Waals surface area contributed by atoms with Gasteiger partial charge in [-0.1, -0.05) is 17.7 Å². The van der Waals surface area contributed by atoms with Crippen LogP contribution < -0.4 is 19.1 Å². The van der Waals surface area contributed by atoms with Gasteiger partial charge >= 0.3 is 0 Å². The second-order valence-electron chi connectivity index (χ2n) is 6.58. The zero-order chi connectivity index (χ0) is 20.9. The van der Waals surface area contributed by atoms with Crippen molar-refractivity contribution in [3.05, 3.63) is 48.0 Å². The van der Waals surface area contributed by atoms with E-state index in [9.17, 15) is 13.2 Å². The molecule has 0 atom stereocenters. The molecule has 8 heteroatoms. The Kier molecular flexibility index (Phi) is 6.90. The average molecular weight is 407 g/mol. The van der Waals surface area contributed by atoms with Crippen molar-refractivity contribution in [2.45, 2.75) is 31.7 Å². The molecule has 1 amide bonds. The molecule has 152 valence electrons. The highest BCUT2D eigenvalue weighted by atomic mass is 32.2. The standard InChI is InChI=1S/C20H26N2O5S/c1-14(2)21-20(23)13-22(18-12-16(26-4)8-11-19(18)27-5)28(24,25)17-9-6-15(3)7-10-17/h6-12,14H,13H2,1-5H3,(H,21,23). The normalized spacial score (nSPS) is 11.2. The molecule has 0 spiro atoms. The number of carbonyl (C=O) groups excluding carboxylic acids is 1. The molecular weight excluding hydrogens is 380 g/mol. The Bertz CT molecular complexity index is 924. The quantitative estimate of drug-likeness (QED) is 0.729. The molecule has 0 aliphatic rings. The highest BCUT2D eigenvalue weighted by molar-refractivity contribution is 7.92.